The minimum atomic E-state index is -0.327. The van der Waals surface area contributed by atoms with Gasteiger partial charge in [0.15, 0.2) is 11.6 Å². The summed E-state index contributed by atoms with van der Waals surface area (Å²) in [6, 6.07) is 4.95. The first kappa shape index (κ1) is 15.3. The molecule has 1 aliphatic rings. The van der Waals surface area contributed by atoms with E-state index in [0.717, 1.165) is 5.56 Å². The van der Waals surface area contributed by atoms with Gasteiger partial charge in [-0.2, -0.15) is 0 Å². The van der Waals surface area contributed by atoms with Crippen LogP contribution in [-0.2, 0) is 0 Å². The molecule has 0 amide bonds. The molecule has 0 unspecified atom stereocenters. The Kier molecular flexibility index (Phi) is 5.89. The Morgan fingerprint density at radius 2 is 1.94 bits per heavy atom. The van der Waals surface area contributed by atoms with Gasteiger partial charge in [0.2, 0.25) is 0 Å². The Labute approximate surface area is 114 Å². The minimum Gasteiger partial charge on any atom is -0.494 e. The zero-order valence-corrected chi connectivity index (χ0v) is 11.5. The predicted octanol–water partition coefficient (Wildman–Crippen LogP) is 3.84. The van der Waals surface area contributed by atoms with Gasteiger partial charge in [0.1, 0.15) is 0 Å². The van der Waals surface area contributed by atoms with E-state index in [2.05, 4.69) is 0 Å². The van der Waals surface area contributed by atoms with Crippen molar-refractivity contribution in [1.82, 2.24) is 0 Å². The molecule has 1 aromatic rings. The maximum atomic E-state index is 13.3. The van der Waals surface area contributed by atoms with Gasteiger partial charge in [-0.25, -0.2) is 4.39 Å². The molecule has 1 saturated carbocycles. The highest BCUT2D eigenvalue weighted by atomic mass is 35.5. The number of hydrogen-bond donors (Lipinski definition) is 1. The van der Waals surface area contributed by atoms with Gasteiger partial charge >= 0.3 is 0 Å². The summed E-state index contributed by atoms with van der Waals surface area (Å²) < 4.78 is 18.3. The molecule has 0 bridgehead atoms. The summed E-state index contributed by atoms with van der Waals surface area (Å²) >= 11 is 0. The number of nitrogens with two attached hydrogens (primary N) is 1. The molecule has 1 fully saturated rings. The largest absolute Gasteiger partial charge is 0.494 e. The van der Waals surface area contributed by atoms with Crippen molar-refractivity contribution in [3.63, 3.8) is 0 Å². The minimum absolute atomic E-state index is 0. The second-order valence-corrected chi connectivity index (χ2v) is 4.82. The van der Waals surface area contributed by atoms with E-state index in [1.807, 2.05) is 0 Å². The summed E-state index contributed by atoms with van der Waals surface area (Å²) in [5.74, 6) is 0.486. The van der Waals surface area contributed by atoms with Crippen molar-refractivity contribution >= 4 is 12.4 Å². The average molecular weight is 274 g/mol. The van der Waals surface area contributed by atoms with Crippen LogP contribution in [-0.4, -0.2) is 7.11 Å². The van der Waals surface area contributed by atoms with Crippen LogP contribution in [0.2, 0.25) is 0 Å². The van der Waals surface area contributed by atoms with Crippen LogP contribution in [0, 0.1) is 11.7 Å². The molecular weight excluding hydrogens is 253 g/mol. The molecule has 102 valence electrons. The molecule has 1 aromatic carbocycles. The van der Waals surface area contributed by atoms with Crippen LogP contribution >= 0.6 is 12.4 Å². The number of ether oxygens (including phenoxy) is 1. The third-order valence-electron chi connectivity index (χ3n) is 3.72. The molecule has 2 rings (SSSR count). The van der Waals surface area contributed by atoms with Crippen LogP contribution < -0.4 is 10.5 Å². The van der Waals surface area contributed by atoms with Gasteiger partial charge < -0.3 is 10.5 Å². The van der Waals surface area contributed by atoms with Crippen LogP contribution in [0.15, 0.2) is 18.2 Å². The molecular formula is C14H21ClFNO. The van der Waals surface area contributed by atoms with Gasteiger partial charge in [-0.05, 0) is 36.5 Å². The fourth-order valence-corrected chi connectivity index (χ4v) is 2.65. The quantitative estimate of drug-likeness (QED) is 0.908. The van der Waals surface area contributed by atoms with Gasteiger partial charge in [0, 0.05) is 6.04 Å². The molecule has 2 nitrogen and oxygen atoms in total. The topological polar surface area (TPSA) is 35.2 Å². The summed E-state index contributed by atoms with van der Waals surface area (Å²) in [6.07, 6.45) is 6.20. The van der Waals surface area contributed by atoms with E-state index in [-0.39, 0.29) is 30.0 Å². The van der Waals surface area contributed by atoms with Crippen LogP contribution in [0.25, 0.3) is 0 Å². The third-order valence-corrected chi connectivity index (χ3v) is 3.72. The van der Waals surface area contributed by atoms with Gasteiger partial charge in [0.05, 0.1) is 7.11 Å². The first-order valence-corrected chi connectivity index (χ1v) is 6.31. The Hall–Kier alpha value is -0.800. The fourth-order valence-electron chi connectivity index (χ4n) is 2.65. The van der Waals surface area contributed by atoms with Crippen LogP contribution in [0.3, 0.4) is 0 Å². The van der Waals surface area contributed by atoms with Crippen molar-refractivity contribution in [2.24, 2.45) is 11.7 Å². The normalized spacial score (nSPS) is 17.9. The predicted molar refractivity (Wildman–Crippen MR) is 73.7 cm³/mol. The van der Waals surface area contributed by atoms with Gasteiger partial charge in [0.25, 0.3) is 0 Å². The Morgan fingerprint density at radius 1 is 1.28 bits per heavy atom. The number of benzene rings is 1. The monoisotopic (exact) mass is 273 g/mol. The lowest BCUT2D eigenvalue weighted by molar-refractivity contribution is 0.307. The van der Waals surface area contributed by atoms with Gasteiger partial charge in [-0.15, -0.1) is 12.4 Å². The van der Waals surface area contributed by atoms with Gasteiger partial charge in [-0.1, -0.05) is 25.3 Å². The first-order valence-electron chi connectivity index (χ1n) is 6.31. The zero-order valence-electron chi connectivity index (χ0n) is 10.7. The molecule has 1 aliphatic carbocycles. The van der Waals surface area contributed by atoms with E-state index in [1.54, 1.807) is 12.1 Å². The maximum absolute atomic E-state index is 13.3. The summed E-state index contributed by atoms with van der Waals surface area (Å²) in [5.41, 5.74) is 7.25. The highest BCUT2D eigenvalue weighted by Crippen LogP contribution is 2.34. The van der Waals surface area contributed by atoms with Crippen molar-refractivity contribution in [3.8, 4) is 5.75 Å². The molecule has 0 aromatic heterocycles. The second kappa shape index (κ2) is 6.95. The van der Waals surface area contributed by atoms with Crippen LogP contribution in [0.4, 0.5) is 4.39 Å². The molecule has 0 saturated heterocycles. The van der Waals surface area contributed by atoms with E-state index in [1.165, 1.54) is 45.3 Å². The highest BCUT2D eigenvalue weighted by molar-refractivity contribution is 5.85. The maximum Gasteiger partial charge on any atom is 0.165 e. The number of rotatable bonds is 3. The van der Waals surface area contributed by atoms with Crippen molar-refractivity contribution in [1.29, 1.82) is 0 Å². The molecule has 18 heavy (non-hydrogen) atoms. The van der Waals surface area contributed by atoms with Crippen molar-refractivity contribution in [2.45, 2.75) is 38.1 Å². The number of hydrogen-bond acceptors (Lipinski definition) is 2. The van der Waals surface area contributed by atoms with Crippen molar-refractivity contribution in [3.05, 3.63) is 29.6 Å². The van der Waals surface area contributed by atoms with Crippen LogP contribution in [0.1, 0.15) is 43.7 Å². The Bertz CT molecular complexity index is 380. The highest BCUT2D eigenvalue weighted by Gasteiger charge is 2.22. The lowest BCUT2D eigenvalue weighted by atomic mass is 9.81. The molecule has 0 heterocycles. The summed E-state index contributed by atoms with van der Waals surface area (Å²) in [5, 5.41) is 0. The van der Waals surface area contributed by atoms with E-state index >= 15 is 0 Å². The smallest absolute Gasteiger partial charge is 0.165 e. The molecule has 0 spiro atoms. The third kappa shape index (κ3) is 3.36. The van der Waals surface area contributed by atoms with Crippen molar-refractivity contribution in [2.75, 3.05) is 7.11 Å². The van der Waals surface area contributed by atoms with E-state index in [0.29, 0.717) is 5.92 Å². The van der Waals surface area contributed by atoms with Gasteiger partial charge in [-0.3, -0.25) is 0 Å². The number of halogens is 2. The van der Waals surface area contributed by atoms with E-state index < -0.39 is 0 Å². The molecule has 2 N–H and O–H groups in total. The average Bonchev–Trinajstić information content (AvgIpc) is 2.39. The SMILES string of the molecule is COc1cc([C@@H](N)C2CCCCC2)ccc1F.Cl. The van der Waals surface area contributed by atoms with E-state index in [4.69, 9.17) is 10.5 Å². The number of methoxy groups -OCH3 is 1. The summed E-state index contributed by atoms with van der Waals surface area (Å²) in [7, 11) is 1.48. The molecule has 0 aliphatic heterocycles. The summed E-state index contributed by atoms with van der Waals surface area (Å²) in [6.45, 7) is 0. The van der Waals surface area contributed by atoms with Crippen LogP contribution in [0.5, 0.6) is 5.75 Å². The zero-order chi connectivity index (χ0) is 12.3. The lowest BCUT2D eigenvalue weighted by Crippen LogP contribution is -2.23. The molecule has 1 atom stereocenters. The summed E-state index contributed by atoms with van der Waals surface area (Å²) in [4.78, 5) is 0. The standard InChI is InChI=1S/C14H20FNO.ClH/c1-17-13-9-11(7-8-12(13)15)14(16)10-5-3-2-4-6-10;/h7-10,14H,2-6,16H2,1H3;1H/t14-;/m0./s1. The second-order valence-electron chi connectivity index (χ2n) is 4.82. The van der Waals surface area contributed by atoms with Crippen molar-refractivity contribution < 1.29 is 9.13 Å². The van der Waals surface area contributed by atoms with E-state index in [9.17, 15) is 4.39 Å². The fraction of sp³-hybridized carbons (Fsp3) is 0.571. The molecule has 4 heteroatoms. The Morgan fingerprint density at radius 3 is 2.56 bits per heavy atom. The molecule has 0 radical (unpaired) electrons. The first-order chi connectivity index (χ1) is 8.22. The lowest BCUT2D eigenvalue weighted by Gasteiger charge is -2.28. The Balaban J connectivity index is 0.00000162.